The Morgan fingerprint density at radius 2 is 2.15 bits per heavy atom. The molecule has 0 aliphatic carbocycles. The minimum atomic E-state index is -0.0403. The van der Waals surface area contributed by atoms with E-state index in [1.54, 1.807) is 18.3 Å². The zero-order chi connectivity index (χ0) is 9.84. The van der Waals surface area contributed by atoms with Crippen molar-refractivity contribution in [2.45, 2.75) is 19.9 Å². The van der Waals surface area contributed by atoms with E-state index in [1.165, 1.54) is 0 Å². The number of hydroxylamine groups is 1. The Morgan fingerprint density at radius 3 is 2.69 bits per heavy atom. The standard InChI is InChI=1S/C10H14N2O/c1-8(2)12(13)7-9-4-3-5-10(11)6-9/h3-8H,11H2,1-2H3. The predicted molar refractivity (Wildman–Crippen MR) is 54.8 cm³/mol. The fourth-order valence-corrected chi connectivity index (χ4v) is 0.935. The van der Waals surface area contributed by atoms with Gasteiger partial charge in [0.15, 0.2) is 12.3 Å². The molecular formula is C10H14N2O. The molecular weight excluding hydrogens is 164 g/mol. The summed E-state index contributed by atoms with van der Waals surface area (Å²) in [6.45, 7) is 3.69. The van der Waals surface area contributed by atoms with Gasteiger partial charge in [-0.1, -0.05) is 6.07 Å². The summed E-state index contributed by atoms with van der Waals surface area (Å²) < 4.78 is 0.911. The minimum absolute atomic E-state index is 0.0403. The molecule has 0 radical (unpaired) electrons. The summed E-state index contributed by atoms with van der Waals surface area (Å²) in [6, 6.07) is 7.20. The van der Waals surface area contributed by atoms with E-state index in [1.807, 2.05) is 26.0 Å². The normalized spacial score (nSPS) is 12.1. The Morgan fingerprint density at radius 1 is 1.46 bits per heavy atom. The van der Waals surface area contributed by atoms with Gasteiger partial charge in [0.05, 0.1) is 0 Å². The molecule has 0 amide bonds. The molecule has 0 fully saturated rings. The maximum absolute atomic E-state index is 11.2. The van der Waals surface area contributed by atoms with Gasteiger partial charge >= 0.3 is 0 Å². The van der Waals surface area contributed by atoms with Gasteiger partial charge in [0.25, 0.3) is 0 Å². The first-order valence-electron chi connectivity index (χ1n) is 4.25. The summed E-state index contributed by atoms with van der Waals surface area (Å²) in [6.07, 6.45) is 1.54. The second-order valence-corrected chi connectivity index (χ2v) is 3.25. The Bertz CT molecular complexity index is 318. The lowest BCUT2D eigenvalue weighted by molar-refractivity contribution is -0.487. The molecule has 0 aromatic heterocycles. The monoisotopic (exact) mass is 178 g/mol. The molecule has 0 atom stereocenters. The number of rotatable bonds is 2. The lowest BCUT2D eigenvalue weighted by Gasteiger charge is -2.06. The van der Waals surface area contributed by atoms with Crippen molar-refractivity contribution < 1.29 is 4.74 Å². The number of anilines is 1. The number of nitrogens with two attached hydrogens (primary N) is 1. The van der Waals surface area contributed by atoms with Crippen molar-refractivity contribution in [1.29, 1.82) is 0 Å². The van der Waals surface area contributed by atoms with Crippen molar-refractivity contribution in [3.63, 3.8) is 0 Å². The van der Waals surface area contributed by atoms with Crippen molar-refractivity contribution in [2.24, 2.45) is 0 Å². The van der Waals surface area contributed by atoms with Crippen LogP contribution in [0.2, 0.25) is 0 Å². The fraction of sp³-hybridized carbons (Fsp3) is 0.300. The molecule has 0 unspecified atom stereocenters. The van der Waals surface area contributed by atoms with Crippen LogP contribution < -0.4 is 5.73 Å². The van der Waals surface area contributed by atoms with Crippen molar-refractivity contribution >= 4 is 11.9 Å². The van der Waals surface area contributed by atoms with Gasteiger partial charge in [-0.25, -0.2) is 4.74 Å². The molecule has 0 bridgehead atoms. The molecule has 0 saturated carbocycles. The first-order valence-corrected chi connectivity index (χ1v) is 4.25. The number of nitrogens with zero attached hydrogens (tertiary/aromatic N) is 1. The smallest absolute Gasteiger partial charge is 0.182 e. The molecule has 0 aliphatic heterocycles. The largest absolute Gasteiger partial charge is 0.624 e. The topological polar surface area (TPSA) is 52.1 Å². The zero-order valence-corrected chi connectivity index (χ0v) is 7.90. The Labute approximate surface area is 78.1 Å². The quantitative estimate of drug-likeness (QED) is 0.246. The molecule has 0 heterocycles. The van der Waals surface area contributed by atoms with Gasteiger partial charge in [0.2, 0.25) is 0 Å². The molecule has 13 heavy (non-hydrogen) atoms. The van der Waals surface area contributed by atoms with E-state index in [-0.39, 0.29) is 6.04 Å². The molecule has 70 valence electrons. The number of hydrogen-bond acceptors (Lipinski definition) is 2. The van der Waals surface area contributed by atoms with Gasteiger partial charge < -0.3 is 10.9 Å². The van der Waals surface area contributed by atoms with Gasteiger partial charge in [0.1, 0.15) is 0 Å². The average molecular weight is 178 g/mol. The van der Waals surface area contributed by atoms with E-state index in [4.69, 9.17) is 5.73 Å². The van der Waals surface area contributed by atoms with Crippen LogP contribution in [0, 0.1) is 5.21 Å². The van der Waals surface area contributed by atoms with Gasteiger partial charge in [-0.05, 0) is 32.0 Å². The second kappa shape index (κ2) is 3.94. The SMILES string of the molecule is CC(C)[N+]([O-])=Cc1cccc(N)c1. The van der Waals surface area contributed by atoms with Gasteiger partial charge in [-0.15, -0.1) is 0 Å². The first kappa shape index (κ1) is 9.58. The maximum atomic E-state index is 11.2. The third-order valence-corrected chi connectivity index (χ3v) is 1.70. The molecule has 0 spiro atoms. The molecule has 1 aromatic carbocycles. The predicted octanol–water partition coefficient (Wildman–Crippen LogP) is 1.61. The molecule has 3 heteroatoms. The summed E-state index contributed by atoms with van der Waals surface area (Å²) in [5.41, 5.74) is 7.08. The first-order chi connectivity index (χ1) is 6.09. The summed E-state index contributed by atoms with van der Waals surface area (Å²) in [7, 11) is 0. The number of benzene rings is 1. The summed E-state index contributed by atoms with van der Waals surface area (Å²) >= 11 is 0. The third-order valence-electron chi connectivity index (χ3n) is 1.70. The van der Waals surface area contributed by atoms with E-state index >= 15 is 0 Å². The van der Waals surface area contributed by atoms with E-state index in [2.05, 4.69) is 0 Å². The molecule has 0 saturated heterocycles. The Kier molecular flexibility index (Phi) is 2.90. The van der Waals surface area contributed by atoms with Crippen LogP contribution in [0.5, 0.6) is 0 Å². The maximum Gasteiger partial charge on any atom is 0.182 e. The van der Waals surface area contributed by atoms with Crippen molar-refractivity contribution in [3.8, 4) is 0 Å². The van der Waals surface area contributed by atoms with E-state index < -0.39 is 0 Å². The highest BCUT2D eigenvalue weighted by Crippen LogP contribution is 2.04. The van der Waals surface area contributed by atoms with Crippen LogP contribution in [-0.4, -0.2) is 17.0 Å². The minimum Gasteiger partial charge on any atom is -0.624 e. The molecule has 1 rings (SSSR count). The fourth-order valence-electron chi connectivity index (χ4n) is 0.935. The molecule has 0 aliphatic rings. The highest BCUT2D eigenvalue weighted by Gasteiger charge is 2.00. The van der Waals surface area contributed by atoms with E-state index in [0.717, 1.165) is 10.3 Å². The van der Waals surface area contributed by atoms with Crippen molar-refractivity contribution in [1.82, 2.24) is 0 Å². The Balaban J connectivity index is 2.91. The molecule has 1 aromatic rings. The summed E-state index contributed by atoms with van der Waals surface area (Å²) in [5, 5.41) is 11.2. The van der Waals surface area contributed by atoms with Gasteiger partial charge in [0, 0.05) is 11.3 Å². The Hall–Kier alpha value is -1.51. The number of hydrogen-bond donors (Lipinski definition) is 1. The lowest BCUT2D eigenvalue weighted by atomic mass is 10.2. The summed E-state index contributed by atoms with van der Waals surface area (Å²) in [4.78, 5) is 0. The van der Waals surface area contributed by atoms with Gasteiger partial charge in [-0.3, -0.25) is 0 Å². The van der Waals surface area contributed by atoms with Crippen LogP contribution >= 0.6 is 0 Å². The van der Waals surface area contributed by atoms with Crippen LogP contribution in [-0.2, 0) is 0 Å². The van der Waals surface area contributed by atoms with Crippen molar-refractivity contribution in [3.05, 3.63) is 35.0 Å². The third kappa shape index (κ3) is 2.78. The lowest BCUT2D eigenvalue weighted by Crippen LogP contribution is -2.14. The molecule has 2 N–H and O–H groups in total. The highest BCUT2D eigenvalue weighted by atomic mass is 16.5. The van der Waals surface area contributed by atoms with Crippen LogP contribution in [0.15, 0.2) is 24.3 Å². The number of nitrogen functional groups attached to an aromatic ring is 1. The van der Waals surface area contributed by atoms with Crippen LogP contribution in [0.25, 0.3) is 0 Å². The second-order valence-electron chi connectivity index (χ2n) is 3.25. The van der Waals surface area contributed by atoms with E-state index in [0.29, 0.717) is 5.69 Å². The van der Waals surface area contributed by atoms with Crippen LogP contribution in [0.4, 0.5) is 5.69 Å². The zero-order valence-electron chi connectivity index (χ0n) is 7.90. The van der Waals surface area contributed by atoms with Crippen molar-refractivity contribution in [2.75, 3.05) is 5.73 Å². The average Bonchev–Trinajstić information content (AvgIpc) is 2.04. The van der Waals surface area contributed by atoms with Crippen LogP contribution in [0.3, 0.4) is 0 Å². The van der Waals surface area contributed by atoms with Gasteiger partial charge in [-0.2, -0.15) is 0 Å². The van der Waals surface area contributed by atoms with Crippen LogP contribution in [0.1, 0.15) is 19.4 Å². The van der Waals surface area contributed by atoms with E-state index in [9.17, 15) is 5.21 Å². The summed E-state index contributed by atoms with van der Waals surface area (Å²) in [5.74, 6) is 0. The molecule has 3 nitrogen and oxygen atoms in total. The highest BCUT2D eigenvalue weighted by molar-refractivity contribution is 5.77.